The van der Waals surface area contributed by atoms with Gasteiger partial charge in [-0.05, 0) is 30.7 Å². The lowest BCUT2D eigenvalue weighted by molar-refractivity contribution is 0.437. The summed E-state index contributed by atoms with van der Waals surface area (Å²) < 4.78 is 13.7. The molecule has 3 rings (SSSR count). The Morgan fingerprint density at radius 1 is 0.667 bits per heavy atom. The smallest absolute Gasteiger partial charge is 0.165 e. The van der Waals surface area contributed by atoms with E-state index in [9.17, 15) is 9.50 Å². The predicted octanol–water partition coefficient (Wildman–Crippen LogP) is 3.29. The lowest BCUT2D eigenvalue weighted by atomic mass is 10.3. The maximum atomic E-state index is 13.7. The number of para-hydroxylation sites is 1. The van der Waals surface area contributed by atoms with Gasteiger partial charge in [-0.15, -0.1) is 0 Å². The van der Waals surface area contributed by atoms with E-state index >= 15 is 0 Å². The monoisotopic (exact) mass is 296 g/mol. The number of hydrogen-bond acceptors (Lipinski definition) is 1. The Morgan fingerprint density at radius 3 is 1.71 bits per heavy atom. The largest absolute Gasteiger partial charge is 0.504 e. The van der Waals surface area contributed by atoms with Gasteiger partial charge in [0.05, 0.1) is 0 Å². The maximum Gasteiger partial charge on any atom is 0.165 e. The van der Waals surface area contributed by atoms with Crippen molar-refractivity contribution < 1.29 is 9.50 Å². The van der Waals surface area contributed by atoms with Crippen molar-refractivity contribution in [3.63, 3.8) is 0 Å². The van der Waals surface area contributed by atoms with Gasteiger partial charge in [-0.2, -0.15) is 0 Å². The average Bonchev–Trinajstić information content (AvgIpc) is 2.54. The molecule has 0 unspecified atom stereocenters. The summed E-state index contributed by atoms with van der Waals surface area (Å²) in [5.41, 5.74) is 0. The number of rotatable bonds is 3. The third kappa shape index (κ3) is 2.81. The molecule has 0 aliphatic heterocycles. The highest BCUT2D eigenvalue weighted by Gasteiger charge is 2.20. The van der Waals surface area contributed by atoms with Crippen LogP contribution in [0.25, 0.3) is 0 Å². The highest BCUT2D eigenvalue weighted by Crippen LogP contribution is 2.36. The zero-order chi connectivity index (χ0) is 14.7. The summed E-state index contributed by atoms with van der Waals surface area (Å²) in [7, 11) is -0.973. The SMILES string of the molecule is Oc1c(F)cccc1P(c1ccccc1)c1ccccc1. The molecule has 0 aliphatic rings. The minimum absolute atomic E-state index is 0.253. The van der Waals surface area contributed by atoms with Gasteiger partial charge < -0.3 is 5.11 Å². The first-order valence-electron chi connectivity index (χ1n) is 6.65. The molecular weight excluding hydrogens is 282 g/mol. The van der Waals surface area contributed by atoms with E-state index in [2.05, 4.69) is 0 Å². The molecule has 0 saturated carbocycles. The summed E-state index contributed by atoms with van der Waals surface area (Å²) in [5.74, 6) is -0.830. The number of hydrogen-bond donors (Lipinski definition) is 1. The van der Waals surface area contributed by atoms with Crippen LogP contribution in [0.4, 0.5) is 4.39 Å². The predicted molar refractivity (Wildman–Crippen MR) is 86.8 cm³/mol. The lowest BCUT2D eigenvalue weighted by Crippen LogP contribution is -2.21. The summed E-state index contributed by atoms with van der Waals surface area (Å²) in [4.78, 5) is 0. The van der Waals surface area contributed by atoms with E-state index in [-0.39, 0.29) is 5.75 Å². The summed E-state index contributed by atoms with van der Waals surface area (Å²) in [6, 6.07) is 24.5. The Morgan fingerprint density at radius 2 is 1.19 bits per heavy atom. The zero-order valence-corrected chi connectivity index (χ0v) is 12.2. The van der Waals surface area contributed by atoms with Crippen LogP contribution < -0.4 is 15.9 Å². The van der Waals surface area contributed by atoms with E-state index < -0.39 is 13.7 Å². The van der Waals surface area contributed by atoms with Crippen LogP contribution in [0.3, 0.4) is 0 Å². The van der Waals surface area contributed by atoms with Gasteiger partial charge in [0, 0.05) is 5.30 Å². The zero-order valence-electron chi connectivity index (χ0n) is 11.3. The molecule has 0 bridgehead atoms. The molecule has 0 aliphatic carbocycles. The van der Waals surface area contributed by atoms with Crippen molar-refractivity contribution >= 4 is 23.8 Å². The van der Waals surface area contributed by atoms with Gasteiger partial charge in [-0.3, -0.25) is 0 Å². The van der Waals surface area contributed by atoms with Gasteiger partial charge in [0.2, 0.25) is 0 Å². The van der Waals surface area contributed by atoms with Gasteiger partial charge in [-0.1, -0.05) is 66.7 Å². The number of benzene rings is 3. The molecule has 3 aromatic carbocycles. The molecule has 3 heteroatoms. The van der Waals surface area contributed by atoms with Crippen LogP contribution >= 0.6 is 7.92 Å². The maximum absolute atomic E-state index is 13.7. The minimum atomic E-state index is -0.973. The second-order valence-electron chi connectivity index (χ2n) is 4.61. The molecule has 0 fully saturated rings. The van der Waals surface area contributed by atoms with Crippen molar-refractivity contribution in [1.82, 2.24) is 0 Å². The summed E-state index contributed by atoms with van der Waals surface area (Å²) in [6.07, 6.45) is 0. The molecule has 0 amide bonds. The van der Waals surface area contributed by atoms with Gasteiger partial charge in [0.25, 0.3) is 0 Å². The Balaban J connectivity index is 2.20. The normalized spacial score (nSPS) is 10.8. The fourth-order valence-electron chi connectivity index (χ4n) is 2.27. The summed E-state index contributed by atoms with van der Waals surface area (Å²) >= 11 is 0. The molecule has 1 N–H and O–H groups in total. The van der Waals surface area contributed by atoms with Crippen LogP contribution in [-0.4, -0.2) is 5.11 Å². The van der Waals surface area contributed by atoms with Crippen LogP contribution in [0.2, 0.25) is 0 Å². The summed E-state index contributed by atoms with van der Waals surface area (Å²) in [5, 5.41) is 12.9. The number of aromatic hydroxyl groups is 1. The second kappa shape index (κ2) is 6.07. The topological polar surface area (TPSA) is 20.2 Å². The van der Waals surface area contributed by atoms with Crippen molar-refractivity contribution in [2.45, 2.75) is 0 Å². The highest BCUT2D eigenvalue weighted by molar-refractivity contribution is 7.80. The molecule has 3 aromatic rings. The minimum Gasteiger partial charge on any atom is -0.504 e. The molecule has 0 aromatic heterocycles. The number of halogens is 1. The van der Waals surface area contributed by atoms with E-state index in [1.807, 2.05) is 60.7 Å². The first-order valence-corrected chi connectivity index (χ1v) is 7.99. The number of phenols is 1. The van der Waals surface area contributed by atoms with Crippen LogP contribution in [-0.2, 0) is 0 Å². The third-order valence-corrected chi connectivity index (χ3v) is 5.71. The Hall–Kier alpha value is -2.18. The first-order chi connectivity index (χ1) is 10.3. The van der Waals surface area contributed by atoms with Crippen molar-refractivity contribution in [2.75, 3.05) is 0 Å². The molecule has 0 saturated heterocycles. The fourth-order valence-corrected chi connectivity index (χ4v) is 4.61. The van der Waals surface area contributed by atoms with Crippen LogP contribution in [0, 0.1) is 5.82 Å². The van der Waals surface area contributed by atoms with Crippen LogP contribution in [0.15, 0.2) is 78.9 Å². The van der Waals surface area contributed by atoms with Crippen molar-refractivity contribution in [3.8, 4) is 5.75 Å². The molecule has 0 heterocycles. The third-order valence-electron chi connectivity index (χ3n) is 3.24. The molecule has 104 valence electrons. The van der Waals surface area contributed by atoms with Crippen molar-refractivity contribution in [2.24, 2.45) is 0 Å². The van der Waals surface area contributed by atoms with Crippen LogP contribution in [0.1, 0.15) is 0 Å². The molecule has 0 spiro atoms. The molecule has 0 radical (unpaired) electrons. The first kappa shape index (κ1) is 13.8. The standard InChI is InChI=1S/C18H14FOP/c19-16-12-7-13-17(18(16)20)21(14-8-3-1-4-9-14)15-10-5-2-6-11-15/h1-13,20H. The quantitative estimate of drug-likeness (QED) is 0.735. The van der Waals surface area contributed by atoms with Crippen LogP contribution in [0.5, 0.6) is 5.75 Å². The summed E-state index contributed by atoms with van der Waals surface area (Å²) in [6.45, 7) is 0. The van der Waals surface area contributed by atoms with Gasteiger partial charge in [0.15, 0.2) is 11.6 Å². The van der Waals surface area contributed by atoms with E-state index in [1.165, 1.54) is 6.07 Å². The molecular formula is C18H14FOP. The molecule has 1 nitrogen and oxygen atoms in total. The highest BCUT2D eigenvalue weighted by atomic mass is 31.1. The van der Waals surface area contributed by atoms with E-state index in [4.69, 9.17) is 0 Å². The second-order valence-corrected chi connectivity index (χ2v) is 6.80. The lowest BCUT2D eigenvalue weighted by Gasteiger charge is -2.20. The van der Waals surface area contributed by atoms with Crippen molar-refractivity contribution in [1.29, 1.82) is 0 Å². The number of phenolic OH excluding ortho intramolecular Hbond substituents is 1. The van der Waals surface area contributed by atoms with E-state index in [1.54, 1.807) is 12.1 Å². The Kier molecular flexibility index (Phi) is 3.98. The Bertz CT molecular complexity index is 689. The van der Waals surface area contributed by atoms with Gasteiger partial charge in [0.1, 0.15) is 0 Å². The van der Waals surface area contributed by atoms with Gasteiger partial charge in [-0.25, -0.2) is 4.39 Å². The van der Waals surface area contributed by atoms with E-state index in [0.29, 0.717) is 5.30 Å². The van der Waals surface area contributed by atoms with E-state index in [0.717, 1.165) is 10.6 Å². The van der Waals surface area contributed by atoms with Crippen molar-refractivity contribution in [3.05, 3.63) is 84.7 Å². The fraction of sp³-hybridized carbons (Fsp3) is 0. The molecule has 21 heavy (non-hydrogen) atoms. The average molecular weight is 296 g/mol. The van der Waals surface area contributed by atoms with Gasteiger partial charge >= 0.3 is 0 Å². The molecule has 0 atom stereocenters. The Labute approximate surface area is 124 Å².